The Morgan fingerprint density at radius 2 is 1.81 bits per heavy atom. The van der Waals surface area contributed by atoms with E-state index < -0.39 is 0 Å². The second-order valence-electron chi connectivity index (χ2n) is 5.87. The normalized spacial score (nSPS) is 10.4. The highest BCUT2D eigenvalue weighted by Crippen LogP contribution is 2.22. The van der Waals surface area contributed by atoms with Gasteiger partial charge in [-0.15, -0.1) is 0 Å². The van der Waals surface area contributed by atoms with Gasteiger partial charge in [-0.1, -0.05) is 29.8 Å². The van der Waals surface area contributed by atoms with Crippen molar-refractivity contribution in [1.82, 2.24) is 4.98 Å². The van der Waals surface area contributed by atoms with E-state index in [0.29, 0.717) is 16.5 Å². The third-order valence-corrected chi connectivity index (χ3v) is 4.18. The largest absolute Gasteiger partial charge is 0.340 e. The van der Waals surface area contributed by atoms with Crippen LogP contribution in [0.3, 0.4) is 0 Å². The van der Waals surface area contributed by atoms with E-state index in [9.17, 15) is 9.18 Å². The van der Waals surface area contributed by atoms with Crippen molar-refractivity contribution >= 4 is 34.7 Å². The summed E-state index contributed by atoms with van der Waals surface area (Å²) in [4.78, 5) is 16.3. The van der Waals surface area contributed by atoms with Crippen LogP contribution in [0.15, 0.2) is 60.8 Å². The number of anilines is 3. The molecule has 26 heavy (non-hydrogen) atoms. The van der Waals surface area contributed by atoms with E-state index in [2.05, 4.69) is 15.6 Å². The zero-order chi connectivity index (χ0) is 18.5. The minimum Gasteiger partial charge on any atom is -0.340 e. The lowest BCUT2D eigenvalue weighted by molar-refractivity contribution is -0.115. The summed E-state index contributed by atoms with van der Waals surface area (Å²) in [6, 6.07) is 15.0. The van der Waals surface area contributed by atoms with Gasteiger partial charge in [0.25, 0.3) is 0 Å². The number of carbonyl (C=O) groups is 1. The van der Waals surface area contributed by atoms with Crippen LogP contribution in [0.2, 0.25) is 5.02 Å². The molecule has 0 radical (unpaired) electrons. The minimum atomic E-state index is -0.323. The summed E-state index contributed by atoms with van der Waals surface area (Å²) in [5.74, 6) is 0.127. The van der Waals surface area contributed by atoms with Gasteiger partial charge < -0.3 is 10.6 Å². The molecule has 0 aliphatic carbocycles. The SMILES string of the molecule is Cc1ccc(Nc2ccc(NC(=O)Cc3ccc(F)cc3)cn2)cc1Cl. The standard InChI is InChI=1S/C20H17ClFN3O/c1-13-2-7-16(11-18(13)21)24-19-9-8-17(12-23-19)25-20(26)10-14-3-5-15(22)6-4-14/h2-9,11-12H,10H2,1H3,(H,23,24)(H,25,26). The molecule has 0 bridgehead atoms. The molecular formula is C20H17ClFN3O. The number of pyridine rings is 1. The molecule has 3 aromatic rings. The van der Waals surface area contributed by atoms with Crippen molar-refractivity contribution < 1.29 is 9.18 Å². The Morgan fingerprint density at radius 3 is 2.46 bits per heavy atom. The van der Waals surface area contributed by atoms with Crippen LogP contribution in [0.5, 0.6) is 0 Å². The summed E-state index contributed by atoms with van der Waals surface area (Å²) in [7, 11) is 0. The number of amides is 1. The predicted molar refractivity (Wildman–Crippen MR) is 102 cm³/mol. The number of hydrogen-bond donors (Lipinski definition) is 2. The molecule has 0 spiro atoms. The smallest absolute Gasteiger partial charge is 0.228 e. The summed E-state index contributed by atoms with van der Waals surface area (Å²) < 4.78 is 12.9. The van der Waals surface area contributed by atoms with Crippen molar-refractivity contribution in [2.75, 3.05) is 10.6 Å². The quantitative estimate of drug-likeness (QED) is 0.657. The number of hydrogen-bond acceptors (Lipinski definition) is 3. The van der Waals surface area contributed by atoms with E-state index in [1.54, 1.807) is 30.5 Å². The Bertz CT molecular complexity index is 911. The first-order chi connectivity index (χ1) is 12.5. The maximum absolute atomic E-state index is 12.9. The van der Waals surface area contributed by atoms with E-state index in [-0.39, 0.29) is 18.1 Å². The van der Waals surface area contributed by atoms with Crippen molar-refractivity contribution in [3.63, 3.8) is 0 Å². The monoisotopic (exact) mass is 369 g/mol. The highest BCUT2D eigenvalue weighted by molar-refractivity contribution is 6.31. The molecule has 0 saturated heterocycles. The second kappa shape index (κ2) is 7.97. The van der Waals surface area contributed by atoms with Crippen molar-refractivity contribution in [3.05, 3.63) is 82.8 Å². The molecule has 0 saturated carbocycles. The van der Waals surface area contributed by atoms with Crippen molar-refractivity contribution in [2.24, 2.45) is 0 Å². The summed E-state index contributed by atoms with van der Waals surface area (Å²) >= 11 is 6.11. The van der Waals surface area contributed by atoms with Crippen LogP contribution in [0.25, 0.3) is 0 Å². The van der Waals surface area contributed by atoms with Crippen LogP contribution >= 0.6 is 11.6 Å². The molecule has 2 N–H and O–H groups in total. The third-order valence-electron chi connectivity index (χ3n) is 3.77. The maximum atomic E-state index is 12.9. The molecule has 0 aliphatic rings. The fraction of sp³-hybridized carbons (Fsp3) is 0.100. The van der Waals surface area contributed by atoms with Gasteiger partial charge in [0.05, 0.1) is 18.3 Å². The van der Waals surface area contributed by atoms with Crippen LogP contribution in [0.4, 0.5) is 21.6 Å². The molecule has 0 atom stereocenters. The average Bonchev–Trinajstić information content (AvgIpc) is 2.62. The van der Waals surface area contributed by atoms with Crippen LogP contribution in [-0.2, 0) is 11.2 Å². The number of aromatic nitrogens is 1. The van der Waals surface area contributed by atoms with Crippen molar-refractivity contribution in [3.8, 4) is 0 Å². The van der Waals surface area contributed by atoms with Gasteiger partial charge in [0, 0.05) is 10.7 Å². The number of aryl methyl sites for hydroxylation is 1. The molecule has 1 heterocycles. The molecule has 1 aromatic heterocycles. The highest BCUT2D eigenvalue weighted by atomic mass is 35.5. The van der Waals surface area contributed by atoms with Gasteiger partial charge >= 0.3 is 0 Å². The van der Waals surface area contributed by atoms with Crippen molar-refractivity contribution in [1.29, 1.82) is 0 Å². The van der Waals surface area contributed by atoms with Crippen LogP contribution in [-0.4, -0.2) is 10.9 Å². The maximum Gasteiger partial charge on any atom is 0.228 e. The number of carbonyl (C=O) groups excluding carboxylic acids is 1. The zero-order valence-electron chi connectivity index (χ0n) is 14.1. The van der Waals surface area contributed by atoms with Crippen molar-refractivity contribution in [2.45, 2.75) is 13.3 Å². The number of nitrogens with one attached hydrogen (secondary N) is 2. The van der Waals surface area contributed by atoms with E-state index in [1.807, 2.05) is 25.1 Å². The molecule has 1 amide bonds. The van der Waals surface area contributed by atoms with Gasteiger partial charge in [-0.05, 0) is 54.4 Å². The molecule has 0 fully saturated rings. The number of rotatable bonds is 5. The fourth-order valence-electron chi connectivity index (χ4n) is 2.35. The summed E-state index contributed by atoms with van der Waals surface area (Å²) in [6.07, 6.45) is 1.74. The summed E-state index contributed by atoms with van der Waals surface area (Å²) in [5, 5.41) is 6.60. The van der Waals surface area contributed by atoms with Crippen LogP contribution < -0.4 is 10.6 Å². The second-order valence-corrected chi connectivity index (χ2v) is 6.28. The molecule has 4 nitrogen and oxygen atoms in total. The first kappa shape index (κ1) is 17.9. The molecular weight excluding hydrogens is 353 g/mol. The van der Waals surface area contributed by atoms with Gasteiger partial charge in [-0.25, -0.2) is 9.37 Å². The lowest BCUT2D eigenvalue weighted by atomic mass is 10.1. The Kier molecular flexibility index (Phi) is 5.49. The number of benzene rings is 2. The summed E-state index contributed by atoms with van der Waals surface area (Å²) in [6.45, 7) is 1.94. The number of nitrogens with zero attached hydrogens (tertiary/aromatic N) is 1. The highest BCUT2D eigenvalue weighted by Gasteiger charge is 2.05. The minimum absolute atomic E-state index is 0.169. The first-order valence-electron chi connectivity index (χ1n) is 8.03. The van der Waals surface area contributed by atoms with Gasteiger partial charge in [0.15, 0.2) is 0 Å². The first-order valence-corrected chi connectivity index (χ1v) is 8.41. The lowest BCUT2D eigenvalue weighted by Crippen LogP contribution is -2.14. The van der Waals surface area contributed by atoms with Crippen LogP contribution in [0.1, 0.15) is 11.1 Å². The van der Waals surface area contributed by atoms with Gasteiger partial charge in [0.2, 0.25) is 5.91 Å². The third kappa shape index (κ3) is 4.80. The van der Waals surface area contributed by atoms with E-state index >= 15 is 0 Å². The van der Waals surface area contributed by atoms with Gasteiger partial charge in [-0.3, -0.25) is 4.79 Å². The van der Waals surface area contributed by atoms with Gasteiger partial charge in [-0.2, -0.15) is 0 Å². The average molecular weight is 370 g/mol. The van der Waals surface area contributed by atoms with E-state index in [1.165, 1.54) is 12.1 Å². The van der Waals surface area contributed by atoms with Crippen LogP contribution in [0, 0.1) is 12.7 Å². The zero-order valence-corrected chi connectivity index (χ0v) is 14.8. The summed E-state index contributed by atoms with van der Waals surface area (Å²) in [5.41, 5.74) is 3.17. The predicted octanol–water partition coefficient (Wildman–Crippen LogP) is 5.11. The molecule has 0 aliphatic heterocycles. The molecule has 0 unspecified atom stereocenters. The Morgan fingerprint density at radius 1 is 1.08 bits per heavy atom. The molecule has 3 rings (SSSR count). The topological polar surface area (TPSA) is 54.0 Å². The Balaban J connectivity index is 1.59. The van der Waals surface area contributed by atoms with E-state index in [0.717, 1.165) is 16.8 Å². The molecule has 6 heteroatoms. The number of halogens is 2. The fourth-order valence-corrected chi connectivity index (χ4v) is 2.53. The Hall–Kier alpha value is -2.92. The van der Waals surface area contributed by atoms with E-state index in [4.69, 9.17) is 11.6 Å². The molecule has 2 aromatic carbocycles. The molecule has 132 valence electrons. The van der Waals surface area contributed by atoms with Gasteiger partial charge in [0.1, 0.15) is 11.6 Å². The Labute approximate surface area is 156 Å². The lowest BCUT2D eigenvalue weighted by Gasteiger charge is -2.09.